The number of hydrogen-bond donors (Lipinski definition) is 1. The van der Waals surface area contributed by atoms with Gasteiger partial charge >= 0.3 is 0 Å². The Morgan fingerprint density at radius 1 is 1.14 bits per heavy atom. The maximum Gasteiger partial charge on any atom is 0.238 e. The third kappa shape index (κ3) is 5.33. The molecule has 13 heteroatoms. The Bertz CT molecular complexity index is 1350. The summed E-state index contributed by atoms with van der Waals surface area (Å²) in [6.45, 7) is 5.91. The number of thiophene rings is 1. The van der Waals surface area contributed by atoms with Crippen molar-refractivity contribution in [3.8, 4) is 22.9 Å². The monoisotopic (exact) mass is 535 g/mol. The molecule has 3 aromatic heterocycles. The van der Waals surface area contributed by atoms with Crippen LogP contribution in [0.5, 0.6) is 11.6 Å². The molecule has 36 heavy (non-hydrogen) atoms. The highest BCUT2D eigenvalue weighted by atomic mass is 32.2. The van der Waals surface area contributed by atoms with E-state index in [1.54, 1.807) is 23.6 Å². The lowest BCUT2D eigenvalue weighted by molar-refractivity contribution is 0.0260. The van der Waals surface area contributed by atoms with Gasteiger partial charge in [-0.3, -0.25) is 4.72 Å². The fourth-order valence-electron chi connectivity index (χ4n) is 4.27. The summed E-state index contributed by atoms with van der Waals surface area (Å²) in [5, 5.41) is 0. The summed E-state index contributed by atoms with van der Waals surface area (Å²) in [4.78, 5) is 17.3. The predicted octanol–water partition coefficient (Wildman–Crippen LogP) is 2.84. The van der Waals surface area contributed by atoms with E-state index in [1.165, 1.54) is 7.11 Å². The third-order valence-electron chi connectivity index (χ3n) is 6.00. The van der Waals surface area contributed by atoms with Crippen LogP contribution >= 0.6 is 11.3 Å². The molecule has 0 unspecified atom stereocenters. The lowest BCUT2D eigenvalue weighted by atomic mass is 10.1. The zero-order valence-electron chi connectivity index (χ0n) is 20.4. The predicted molar refractivity (Wildman–Crippen MR) is 138 cm³/mol. The molecular weight excluding hydrogens is 506 g/mol. The van der Waals surface area contributed by atoms with Crippen molar-refractivity contribution in [1.29, 1.82) is 0 Å². The zero-order valence-corrected chi connectivity index (χ0v) is 22.1. The van der Waals surface area contributed by atoms with Crippen molar-refractivity contribution >= 4 is 43.2 Å². The first-order valence-corrected chi connectivity index (χ1v) is 14.4. The summed E-state index contributed by atoms with van der Waals surface area (Å²) in [5.41, 5.74) is 2.28. The number of anilines is 2. The fraction of sp³-hybridized carbons (Fsp3) is 0.522. The quantitative estimate of drug-likeness (QED) is 0.483. The Hall–Kier alpha value is -2.74. The van der Waals surface area contributed by atoms with E-state index in [4.69, 9.17) is 28.9 Å². The molecule has 3 aromatic rings. The number of aryl methyl sites for hydroxylation is 1. The Labute approximate surface area is 213 Å². The van der Waals surface area contributed by atoms with Crippen LogP contribution in [-0.4, -0.2) is 82.4 Å². The van der Waals surface area contributed by atoms with Gasteiger partial charge < -0.3 is 23.8 Å². The van der Waals surface area contributed by atoms with Crippen molar-refractivity contribution in [2.75, 3.05) is 62.5 Å². The minimum absolute atomic E-state index is 0.0636. The number of aromatic nitrogens is 3. The first kappa shape index (κ1) is 24.9. The highest BCUT2D eigenvalue weighted by molar-refractivity contribution is 7.92. The molecule has 194 valence electrons. The molecule has 1 N–H and O–H groups in total. The number of sulfonamides is 1. The van der Waals surface area contributed by atoms with E-state index in [-0.39, 0.29) is 17.7 Å². The first-order valence-electron chi connectivity index (χ1n) is 11.7. The summed E-state index contributed by atoms with van der Waals surface area (Å²) < 4.78 is 50.0. The molecule has 2 saturated heterocycles. The van der Waals surface area contributed by atoms with Gasteiger partial charge in [0, 0.05) is 42.6 Å². The Balaban J connectivity index is 1.65. The van der Waals surface area contributed by atoms with Gasteiger partial charge in [0.05, 0.1) is 50.2 Å². The van der Waals surface area contributed by atoms with Gasteiger partial charge in [-0.2, -0.15) is 0 Å². The standard InChI is InChI=1S/C23H29N5O6S2/c1-14-20(34-16-4-8-32-9-5-16)19-21(35-14)18(25-23(26-19)28-6-10-33-11-7-28)15-12-17(27-36(3,29)30)22(31-2)24-13-15/h12-13,16,27H,4-11H2,1-3H3. The van der Waals surface area contributed by atoms with Crippen molar-refractivity contribution in [1.82, 2.24) is 15.0 Å². The summed E-state index contributed by atoms with van der Waals surface area (Å²) in [7, 11) is -2.11. The molecule has 0 amide bonds. The molecule has 0 aliphatic carbocycles. The number of pyridine rings is 1. The molecule has 0 atom stereocenters. The van der Waals surface area contributed by atoms with E-state index < -0.39 is 10.0 Å². The molecule has 2 aliphatic heterocycles. The van der Waals surface area contributed by atoms with Crippen LogP contribution in [0.2, 0.25) is 0 Å². The average Bonchev–Trinajstić information content (AvgIpc) is 3.18. The number of ether oxygens (including phenoxy) is 4. The van der Waals surface area contributed by atoms with Crippen molar-refractivity contribution in [3.63, 3.8) is 0 Å². The van der Waals surface area contributed by atoms with Crippen molar-refractivity contribution < 1.29 is 27.4 Å². The Morgan fingerprint density at radius 2 is 1.86 bits per heavy atom. The van der Waals surface area contributed by atoms with Crippen LogP contribution in [0, 0.1) is 6.92 Å². The topological polar surface area (TPSA) is 125 Å². The van der Waals surface area contributed by atoms with Crippen LogP contribution in [-0.2, 0) is 19.5 Å². The van der Waals surface area contributed by atoms with E-state index in [0.29, 0.717) is 56.7 Å². The summed E-state index contributed by atoms with van der Waals surface area (Å²) in [6, 6.07) is 1.69. The van der Waals surface area contributed by atoms with E-state index in [9.17, 15) is 8.42 Å². The van der Waals surface area contributed by atoms with Crippen LogP contribution in [0.15, 0.2) is 12.3 Å². The van der Waals surface area contributed by atoms with E-state index in [2.05, 4.69) is 14.6 Å². The van der Waals surface area contributed by atoms with Crippen molar-refractivity contribution in [2.24, 2.45) is 0 Å². The molecule has 0 saturated carbocycles. The largest absolute Gasteiger partial charge is 0.487 e. The fourth-order valence-corrected chi connectivity index (χ4v) is 5.86. The van der Waals surface area contributed by atoms with E-state index in [1.807, 2.05) is 6.92 Å². The average molecular weight is 536 g/mol. The van der Waals surface area contributed by atoms with E-state index >= 15 is 0 Å². The second-order valence-electron chi connectivity index (χ2n) is 8.72. The van der Waals surface area contributed by atoms with Gasteiger partial charge in [0.1, 0.15) is 17.3 Å². The molecule has 5 heterocycles. The second-order valence-corrected chi connectivity index (χ2v) is 11.7. The van der Waals surface area contributed by atoms with Crippen LogP contribution in [0.25, 0.3) is 21.5 Å². The molecule has 0 aromatic carbocycles. The Morgan fingerprint density at radius 3 is 2.56 bits per heavy atom. The number of hydrogen-bond acceptors (Lipinski definition) is 11. The number of fused-ring (bicyclic) bond motifs is 1. The smallest absolute Gasteiger partial charge is 0.238 e. The minimum Gasteiger partial charge on any atom is -0.487 e. The number of morpholine rings is 1. The summed E-state index contributed by atoms with van der Waals surface area (Å²) in [6.07, 6.45) is 4.43. The highest BCUT2D eigenvalue weighted by Gasteiger charge is 2.25. The molecule has 11 nitrogen and oxygen atoms in total. The molecule has 0 spiro atoms. The van der Waals surface area contributed by atoms with Gasteiger partial charge in [-0.25, -0.2) is 23.4 Å². The number of nitrogens with zero attached hydrogens (tertiary/aromatic N) is 4. The summed E-state index contributed by atoms with van der Waals surface area (Å²) >= 11 is 1.55. The van der Waals surface area contributed by atoms with Gasteiger partial charge in [0.2, 0.25) is 21.9 Å². The van der Waals surface area contributed by atoms with E-state index in [0.717, 1.165) is 39.9 Å². The molecular formula is C23H29N5O6S2. The highest BCUT2D eigenvalue weighted by Crippen LogP contribution is 2.43. The van der Waals surface area contributed by atoms with Crippen molar-refractivity contribution in [2.45, 2.75) is 25.9 Å². The van der Waals surface area contributed by atoms with Crippen LogP contribution in [0.4, 0.5) is 11.6 Å². The maximum atomic E-state index is 12.0. The normalized spacial score (nSPS) is 17.4. The van der Waals surface area contributed by atoms with Crippen molar-refractivity contribution in [3.05, 3.63) is 17.1 Å². The number of rotatable bonds is 7. The van der Waals surface area contributed by atoms with Gasteiger partial charge in [0.15, 0.2) is 5.75 Å². The van der Waals surface area contributed by atoms with Gasteiger partial charge in [-0.15, -0.1) is 11.3 Å². The molecule has 5 rings (SSSR count). The first-order chi connectivity index (χ1) is 17.3. The maximum absolute atomic E-state index is 12.0. The Kier molecular flexibility index (Phi) is 7.15. The number of methoxy groups -OCH3 is 1. The lowest BCUT2D eigenvalue weighted by Gasteiger charge is -2.27. The van der Waals surface area contributed by atoms with Crippen LogP contribution in [0.1, 0.15) is 17.7 Å². The SMILES string of the molecule is COc1ncc(-c2nc(N3CCOCC3)nc3c(OC4CCOCC4)c(C)sc23)cc1NS(C)(=O)=O. The van der Waals surface area contributed by atoms with Crippen LogP contribution < -0.4 is 19.1 Å². The number of nitrogens with one attached hydrogen (secondary N) is 1. The van der Waals surface area contributed by atoms with Crippen LogP contribution in [0.3, 0.4) is 0 Å². The lowest BCUT2D eigenvalue weighted by Crippen LogP contribution is -2.37. The zero-order chi connectivity index (χ0) is 25.3. The molecule has 0 bridgehead atoms. The molecule has 2 fully saturated rings. The molecule has 2 aliphatic rings. The van der Waals surface area contributed by atoms with Gasteiger partial charge in [-0.05, 0) is 13.0 Å². The minimum atomic E-state index is -3.55. The molecule has 0 radical (unpaired) electrons. The summed E-state index contributed by atoms with van der Waals surface area (Å²) in [5.74, 6) is 1.51. The van der Waals surface area contributed by atoms with Gasteiger partial charge in [0.25, 0.3) is 0 Å². The second kappa shape index (κ2) is 10.3. The van der Waals surface area contributed by atoms with Gasteiger partial charge in [-0.1, -0.05) is 0 Å². The third-order valence-corrected chi connectivity index (χ3v) is 7.68.